The van der Waals surface area contributed by atoms with Crippen molar-refractivity contribution in [2.45, 2.75) is 18.5 Å². The number of hydrogen-bond acceptors (Lipinski definition) is 5. The Morgan fingerprint density at radius 1 is 1.03 bits per heavy atom. The molecular formula is C23H26N4OS. The van der Waals surface area contributed by atoms with Crippen molar-refractivity contribution in [2.24, 2.45) is 0 Å². The van der Waals surface area contributed by atoms with Crippen LogP contribution in [0.1, 0.15) is 12.1 Å². The van der Waals surface area contributed by atoms with Gasteiger partial charge in [-0.2, -0.15) is 0 Å². The summed E-state index contributed by atoms with van der Waals surface area (Å²) in [7, 11) is 2.06. The highest BCUT2D eigenvalue weighted by molar-refractivity contribution is 7.99. The molecule has 0 saturated heterocycles. The number of nitrogens with zero attached hydrogens (tertiary/aromatic N) is 3. The molecule has 1 N–H and O–H groups in total. The van der Waals surface area contributed by atoms with Crippen LogP contribution in [0.3, 0.4) is 0 Å². The minimum atomic E-state index is 0.00346. The first-order chi connectivity index (χ1) is 14.1. The average molecular weight is 407 g/mol. The highest BCUT2D eigenvalue weighted by atomic mass is 32.2. The lowest BCUT2D eigenvalue weighted by Gasteiger charge is -2.19. The summed E-state index contributed by atoms with van der Waals surface area (Å²) >= 11 is 1.37. The molecule has 5 nitrogen and oxygen atoms in total. The van der Waals surface area contributed by atoms with Crippen molar-refractivity contribution >= 4 is 23.4 Å². The minimum absolute atomic E-state index is 0.00346. The molecule has 1 aromatic heterocycles. The smallest absolute Gasteiger partial charge is 0.230 e. The van der Waals surface area contributed by atoms with Crippen molar-refractivity contribution in [3.05, 3.63) is 72.4 Å². The molecule has 0 aliphatic heterocycles. The molecule has 3 rings (SSSR count). The van der Waals surface area contributed by atoms with Crippen molar-refractivity contribution in [1.82, 2.24) is 15.3 Å². The Kier molecular flexibility index (Phi) is 7.64. The second kappa shape index (κ2) is 10.6. The summed E-state index contributed by atoms with van der Waals surface area (Å²) in [5.41, 5.74) is 4.00. The van der Waals surface area contributed by atoms with Crippen LogP contribution in [0.5, 0.6) is 0 Å². The zero-order valence-corrected chi connectivity index (χ0v) is 17.7. The Morgan fingerprint density at radius 3 is 2.45 bits per heavy atom. The highest BCUT2D eigenvalue weighted by Crippen LogP contribution is 2.21. The van der Waals surface area contributed by atoms with Gasteiger partial charge in [-0.1, -0.05) is 60.3 Å². The number of para-hydroxylation sites is 1. The number of carbonyl (C=O) groups is 1. The van der Waals surface area contributed by atoms with Gasteiger partial charge in [0.15, 0.2) is 5.16 Å². The van der Waals surface area contributed by atoms with E-state index in [9.17, 15) is 4.79 Å². The number of rotatable bonds is 9. The third-order valence-electron chi connectivity index (χ3n) is 4.43. The molecule has 29 heavy (non-hydrogen) atoms. The number of carbonyl (C=O) groups excluding carboxylic acids is 1. The van der Waals surface area contributed by atoms with E-state index in [0.717, 1.165) is 29.9 Å². The van der Waals surface area contributed by atoms with Crippen molar-refractivity contribution < 1.29 is 4.79 Å². The van der Waals surface area contributed by atoms with E-state index in [0.29, 0.717) is 17.5 Å². The minimum Gasteiger partial charge on any atom is -0.375 e. The molecule has 0 bridgehead atoms. The molecule has 0 fully saturated rings. The summed E-state index contributed by atoms with van der Waals surface area (Å²) in [5.74, 6) is 0.315. The lowest BCUT2D eigenvalue weighted by atomic mass is 10.1. The van der Waals surface area contributed by atoms with Gasteiger partial charge >= 0.3 is 0 Å². The molecule has 150 valence electrons. The van der Waals surface area contributed by atoms with Crippen LogP contribution in [-0.4, -0.2) is 41.8 Å². The summed E-state index contributed by atoms with van der Waals surface area (Å²) in [6.07, 6.45) is 0.890. The SMILES string of the molecule is Cc1cc(-c2ccccc2)nc(SCC(=O)NCCCN(C)c2ccccc2)n1. The number of amides is 1. The Labute approximate surface area is 176 Å². The monoisotopic (exact) mass is 406 g/mol. The molecule has 0 aliphatic rings. The van der Waals surface area contributed by atoms with Gasteiger partial charge < -0.3 is 10.2 Å². The zero-order chi connectivity index (χ0) is 20.5. The Balaban J connectivity index is 1.43. The third kappa shape index (κ3) is 6.61. The summed E-state index contributed by atoms with van der Waals surface area (Å²) in [4.78, 5) is 23.4. The molecule has 0 spiro atoms. The van der Waals surface area contributed by atoms with E-state index in [-0.39, 0.29) is 5.91 Å². The van der Waals surface area contributed by atoms with Gasteiger partial charge in [0, 0.05) is 37.1 Å². The molecule has 6 heteroatoms. The molecule has 1 amide bonds. The fourth-order valence-electron chi connectivity index (χ4n) is 2.90. The molecule has 0 unspecified atom stereocenters. The number of benzene rings is 2. The van der Waals surface area contributed by atoms with E-state index in [1.165, 1.54) is 17.4 Å². The second-order valence-electron chi connectivity index (χ2n) is 6.79. The molecule has 0 atom stereocenters. The van der Waals surface area contributed by atoms with Crippen molar-refractivity contribution in [2.75, 3.05) is 30.8 Å². The van der Waals surface area contributed by atoms with Crippen molar-refractivity contribution in [3.8, 4) is 11.3 Å². The van der Waals surface area contributed by atoms with Crippen LogP contribution in [0.2, 0.25) is 0 Å². The molecule has 0 radical (unpaired) electrons. The standard InChI is InChI=1S/C23H26N4OS/c1-18-16-21(19-10-5-3-6-11-19)26-23(25-18)29-17-22(28)24-14-9-15-27(2)20-12-7-4-8-13-20/h3-8,10-13,16H,9,14-15,17H2,1-2H3,(H,24,28). The lowest BCUT2D eigenvalue weighted by Crippen LogP contribution is -2.29. The largest absolute Gasteiger partial charge is 0.375 e. The van der Waals surface area contributed by atoms with E-state index >= 15 is 0 Å². The van der Waals surface area contributed by atoms with Gasteiger partial charge in [0.1, 0.15) is 0 Å². The number of hydrogen-bond donors (Lipinski definition) is 1. The zero-order valence-electron chi connectivity index (χ0n) is 16.8. The van der Waals surface area contributed by atoms with Gasteiger partial charge in [-0.05, 0) is 31.5 Å². The van der Waals surface area contributed by atoms with Crippen LogP contribution >= 0.6 is 11.8 Å². The van der Waals surface area contributed by atoms with Crippen LogP contribution < -0.4 is 10.2 Å². The molecular weight excluding hydrogens is 380 g/mol. The van der Waals surface area contributed by atoms with Crippen LogP contribution in [0.25, 0.3) is 11.3 Å². The number of nitrogens with one attached hydrogen (secondary N) is 1. The van der Waals surface area contributed by atoms with Gasteiger partial charge in [-0.15, -0.1) is 0 Å². The first-order valence-electron chi connectivity index (χ1n) is 9.68. The Hall–Kier alpha value is -2.86. The van der Waals surface area contributed by atoms with E-state index < -0.39 is 0 Å². The fraction of sp³-hybridized carbons (Fsp3) is 0.261. The molecule has 2 aromatic carbocycles. The van der Waals surface area contributed by atoms with E-state index in [4.69, 9.17) is 0 Å². The van der Waals surface area contributed by atoms with Crippen molar-refractivity contribution in [1.29, 1.82) is 0 Å². The predicted molar refractivity (Wildman–Crippen MR) is 120 cm³/mol. The summed E-state index contributed by atoms with van der Waals surface area (Å²) < 4.78 is 0. The lowest BCUT2D eigenvalue weighted by molar-refractivity contribution is -0.118. The van der Waals surface area contributed by atoms with Crippen molar-refractivity contribution in [3.63, 3.8) is 0 Å². The molecule has 3 aromatic rings. The number of aryl methyl sites for hydroxylation is 1. The Morgan fingerprint density at radius 2 is 1.72 bits per heavy atom. The van der Waals surface area contributed by atoms with Crippen LogP contribution in [-0.2, 0) is 4.79 Å². The van der Waals surface area contributed by atoms with Gasteiger partial charge in [-0.3, -0.25) is 4.79 Å². The Bertz CT molecular complexity index is 919. The fourth-order valence-corrected chi connectivity index (χ4v) is 3.63. The number of anilines is 1. The summed E-state index contributed by atoms with van der Waals surface area (Å²) in [6, 6.07) is 22.2. The second-order valence-corrected chi connectivity index (χ2v) is 7.73. The third-order valence-corrected chi connectivity index (χ3v) is 5.27. The maximum absolute atomic E-state index is 12.2. The van der Waals surface area contributed by atoms with E-state index in [2.05, 4.69) is 39.4 Å². The maximum Gasteiger partial charge on any atom is 0.230 e. The molecule has 0 aliphatic carbocycles. The normalized spacial score (nSPS) is 10.6. The van der Waals surface area contributed by atoms with Gasteiger partial charge in [0.05, 0.1) is 11.4 Å². The topological polar surface area (TPSA) is 58.1 Å². The quantitative estimate of drug-likeness (QED) is 0.328. The first-order valence-corrected chi connectivity index (χ1v) is 10.7. The summed E-state index contributed by atoms with van der Waals surface area (Å²) in [5, 5.41) is 3.61. The van der Waals surface area contributed by atoms with Crippen LogP contribution in [0, 0.1) is 6.92 Å². The molecule has 0 saturated carbocycles. The predicted octanol–water partition coefficient (Wildman–Crippen LogP) is 4.19. The molecule has 1 heterocycles. The van der Waals surface area contributed by atoms with Gasteiger partial charge in [0.2, 0.25) is 5.91 Å². The highest BCUT2D eigenvalue weighted by Gasteiger charge is 2.08. The number of thioether (sulfide) groups is 1. The van der Waals surface area contributed by atoms with E-state index in [1.54, 1.807) is 0 Å². The van der Waals surface area contributed by atoms with Crippen LogP contribution in [0.4, 0.5) is 5.69 Å². The van der Waals surface area contributed by atoms with Gasteiger partial charge in [-0.25, -0.2) is 9.97 Å². The van der Waals surface area contributed by atoms with E-state index in [1.807, 2.05) is 61.5 Å². The van der Waals surface area contributed by atoms with Gasteiger partial charge in [0.25, 0.3) is 0 Å². The summed E-state index contributed by atoms with van der Waals surface area (Å²) in [6.45, 7) is 3.49. The maximum atomic E-state index is 12.2. The first kappa shape index (κ1) is 20.9. The number of aromatic nitrogens is 2. The van der Waals surface area contributed by atoms with Crippen LogP contribution in [0.15, 0.2) is 71.9 Å². The average Bonchev–Trinajstić information content (AvgIpc) is 2.76.